The molecule has 1 aromatic carbocycles. The number of halogens is 1. The number of hydrogen-bond acceptors (Lipinski definition) is 3. The first-order chi connectivity index (χ1) is 9.65. The maximum absolute atomic E-state index is 11.6. The van der Waals surface area contributed by atoms with Gasteiger partial charge in [-0.2, -0.15) is 0 Å². The molecule has 1 heterocycles. The Morgan fingerprint density at radius 2 is 2.30 bits per heavy atom. The number of anilines is 1. The molecule has 1 saturated carbocycles. The number of imidazole rings is 1. The van der Waals surface area contributed by atoms with Gasteiger partial charge >= 0.3 is 0 Å². The summed E-state index contributed by atoms with van der Waals surface area (Å²) in [5, 5.41) is 3.61. The summed E-state index contributed by atoms with van der Waals surface area (Å²) < 4.78 is 1.88. The van der Waals surface area contributed by atoms with Gasteiger partial charge in [-0.25, -0.2) is 4.98 Å². The van der Waals surface area contributed by atoms with E-state index in [9.17, 15) is 4.79 Å². The molecule has 0 radical (unpaired) electrons. The third-order valence-corrected chi connectivity index (χ3v) is 3.78. The maximum atomic E-state index is 11.6. The van der Waals surface area contributed by atoms with Gasteiger partial charge in [0.05, 0.1) is 16.1 Å². The molecule has 3 N–H and O–H groups in total. The molecule has 0 atom stereocenters. The van der Waals surface area contributed by atoms with Crippen molar-refractivity contribution in [3.8, 4) is 0 Å². The molecule has 1 aliphatic carbocycles. The van der Waals surface area contributed by atoms with Gasteiger partial charge in [0.25, 0.3) is 0 Å². The number of nitrogens with zero attached hydrogens (tertiary/aromatic N) is 2. The second kappa shape index (κ2) is 5.32. The average Bonchev–Trinajstić information content (AvgIpc) is 3.14. The summed E-state index contributed by atoms with van der Waals surface area (Å²) in [5.74, 6) is 0.553. The van der Waals surface area contributed by atoms with Crippen molar-refractivity contribution in [1.82, 2.24) is 14.9 Å². The Morgan fingerprint density at radius 1 is 1.50 bits per heavy atom. The zero-order valence-electron chi connectivity index (χ0n) is 11.1. The van der Waals surface area contributed by atoms with Gasteiger partial charge in [0, 0.05) is 19.0 Å². The van der Waals surface area contributed by atoms with Gasteiger partial charge in [0.1, 0.15) is 0 Å². The lowest BCUT2D eigenvalue weighted by molar-refractivity contribution is -0.121. The van der Waals surface area contributed by atoms with Gasteiger partial charge in [0.2, 0.25) is 11.9 Å². The van der Waals surface area contributed by atoms with Crippen molar-refractivity contribution in [1.29, 1.82) is 0 Å². The Balaban J connectivity index is 1.67. The lowest BCUT2D eigenvalue weighted by atomic mass is 10.2. The van der Waals surface area contributed by atoms with Crippen LogP contribution in [0.25, 0.3) is 11.0 Å². The molecule has 106 valence electrons. The highest BCUT2D eigenvalue weighted by atomic mass is 35.5. The van der Waals surface area contributed by atoms with Crippen LogP contribution in [0.3, 0.4) is 0 Å². The van der Waals surface area contributed by atoms with Crippen molar-refractivity contribution in [2.24, 2.45) is 0 Å². The monoisotopic (exact) mass is 292 g/mol. The standard InChI is InChI=1S/C14H17ClN4O/c15-10-3-1-4-11-13(10)19(14(16)18-11)8-2-5-12(20)17-9-6-7-9/h1,3-4,9H,2,5-8H2,(H2,16,18)(H,17,20). The molecule has 0 spiro atoms. The number of para-hydroxylation sites is 1. The second-order valence-electron chi connectivity index (χ2n) is 5.17. The molecule has 1 amide bonds. The molecule has 2 aromatic rings. The molecule has 0 saturated heterocycles. The summed E-state index contributed by atoms with van der Waals surface area (Å²) in [6.45, 7) is 0.643. The molecule has 3 rings (SSSR count). The van der Waals surface area contributed by atoms with Crippen molar-refractivity contribution in [2.45, 2.75) is 38.3 Å². The first kappa shape index (κ1) is 13.2. The fourth-order valence-corrected chi connectivity index (χ4v) is 2.58. The van der Waals surface area contributed by atoms with Crippen molar-refractivity contribution < 1.29 is 4.79 Å². The summed E-state index contributed by atoms with van der Waals surface area (Å²) >= 11 is 6.20. The lowest BCUT2D eigenvalue weighted by Crippen LogP contribution is -2.25. The van der Waals surface area contributed by atoms with Crippen LogP contribution in [0.4, 0.5) is 5.95 Å². The Kier molecular flexibility index (Phi) is 3.53. The zero-order valence-corrected chi connectivity index (χ0v) is 11.9. The van der Waals surface area contributed by atoms with E-state index in [-0.39, 0.29) is 5.91 Å². The highest BCUT2D eigenvalue weighted by molar-refractivity contribution is 6.35. The second-order valence-corrected chi connectivity index (χ2v) is 5.58. The van der Waals surface area contributed by atoms with E-state index in [4.69, 9.17) is 17.3 Å². The van der Waals surface area contributed by atoms with Crippen molar-refractivity contribution in [2.75, 3.05) is 5.73 Å². The van der Waals surface area contributed by atoms with Crippen molar-refractivity contribution in [3.05, 3.63) is 23.2 Å². The average molecular weight is 293 g/mol. The molecule has 1 fully saturated rings. The minimum Gasteiger partial charge on any atom is -0.369 e. The van der Waals surface area contributed by atoms with E-state index in [1.807, 2.05) is 22.8 Å². The smallest absolute Gasteiger partial charge is 0.220 e. The molecule has 0 bridgehead atoms. The summed E-state index contributed by atoms with van der Waals surface area (Å²) in [4.78, 5) is 15.9. The third-order valence-electron chi connectivity index (χ3n) is 3.47. The zero-order chi connectivity index (χ0) is 14.1. The number of benzene rings is 1. The molecule has 1 aromatic heterocycles. The number of hydrogen-bond donors (Lipinski definition) is 2. The van der Waals surface area contributed by atoms with Gasteiger partial charge in [-0.3, -0.25) is 4.79 Å². The van der Waals surface area contributed by atoms with Gasteiger partial charge in [-0.15, -0.1) is 0 Å². The number of rotatable bonds is 5. The summed E-state index contributed by atoms with van der Waals surface area (Å²) in [6, 6.07) is 5.97. The number of aromatic nitrogens is 2. The minimum absolute atomic E-state index is 0.113. The molecule has 0 unspecified atom stereocenters. The fraction of sp³-hybridized carbons (Fsp3) is 0.429. The van der Waals surface area contributed by atoms with E-state index in [0.717, 1.165) is 30.3 Å². The number of nitrogen functional groups attached to an aromatic ring is 1. The third kappa shape index (κ3) is 2.72. The van der Waals surface area contributed by atoms with Crippen LogP contribution in [0.5, 0.6) is 0 Å². The van der Waals surface area contributed by atoms with E-state index < -0.39 is 0 Å². The molecule has 20 heavy (non-hydrogen) atoms. The molecule has 5 nitrogen and oxygen atoms in total. The number of fused-ring (bicyclic) bond motifs is 1. The first-order valence-electron chi connectivity index (χ1n) is 6.85. The SMILES string of the molecule is Nc1nc2cccc(Cl)c2n1CCCC(=O)NC1CC1. The number of aryl methyl sites for hydroxylation is 1. The van der Waals surface area contributed by atoms with E-state index in [2.05, 4.69) is 10.3 Å². The van der Waals surface area contributed by atoms with Gasteiger partial charge in [0.15, 0.2) is 0 Å². The summed E-state index contributed by atoms with van der Waals surface area (Å²) in [7, 11) is 0. The predicted octanol–water partition coefficient (Wildman–Crippen LogP) is 2.33. The highest BCUT2D eigenvalue weighted by Gasteiger charge is 2.22. The molecule has 0 aliphatic heterocycles. The van der Waals surface area contributed by atoms with E-state index in [1.165, 1.54) is 0 Å². The van der Waals surface area contributed by atoms with E-state index >= 15 is 0 Å². The number of carbonyl (C=O) groups excluding carboxylic acids is 1. The predicted molar refractivity (Wildman–Crippen MR) is 79.6 cm³/mol. The Morgan fingerprint density at radius 3 is 3.05 bits per heavy atom. The number of nitrogens with one attached hydrogen (secondary N) is 1. The Labute approximate surface area is 122 Å². The minimum atomic E-state index is 0.113. The van der Waals surface area contributed by atoms with Crippen LogP contribution in [0, 0.1) is 0 Å². The van der Waals surface area contributed by atoms with E-state index in [1.54, 1.807) is 0 Å². The van der Waals surface area contributed by atoms with Crippen LogP contribution in [0.2, 0.25) is 5.02 Å². The maximum Gasteiger partial charge on any atom is 0.220 e. The fourth-order valence-electron chi connectivity index (χ4n) is 2.31. The topological polar surface area (TPSA) is 72.9 Å². The van der Waals surface area contributed by atoms with Crippen LogP contribution in [-0.2, 0) is 11.3 Å². The van der Waals surface area contributed by atoms with Crippen LogP contribution >= 0.6 is 11.6 Å². The van der Waals surface area contributed by atoms with Crippen molar-refractivity contribution in [3.63, 3.8) is 0 Å². The first-order valence-corrected chi connectivity index (χ1v) is 7.22. The largest absolute Gasteiger partial charge is 0.369 e. The van der Waals surface area contributed by atoms with Crippen molar-refractivity contribution >= 4 is 34.5 Å². The summed E-state index contributed by atoms with van der Waals surface area (Å²) in [5.41, 5.74) is 7.55. The number of amides is 1. The Hall–Kier alpha value is -1.75. The number of carbonyl (C=O) groups is 1. The number of nitrogens with two attached hydrogens (primary N) is 1. The van der Waals surface area contributed by atoms with Gasteiger partial charge < -0.3 is 15.6 Å². The van der Waals surface area contributed by atoms with Gasteiger partial charge in [-0.05, 0) is 31.4 Å². The molecule has 1 aliphatic rings. The molecular weight excluding hydrogens is 276 g/mol. The van der Waals surface area contributed by atoms with Crippen LogP contribution in [0.15, 0.2) is 18.2 Å². The highest BCUT2D eigenvalue weighted by Crippen LogP contribution is 2.26. The van der Waals surface area contributed by atoms with Crippen LogP contribution in [-0.4, -0.2) is 21.5 Å². The van der Waals surface area contributed by atoms with Gasteiger partial charge in [-0.1, -0.05) is 17.7 Å². The van der Waals surface area contributed by atoms with E-state index in [0.29, 0.717) is 30.0 Å². The van der Waals surface area contributed by atoms with Crippen LogP contribution < -0.4 is 11.1 Å². The summed E-state index contributed by atoms with van der Waals surface area (Å²) in [6.07, 6.45) is 3.44. The quantitative estimate of drug-likeness (QED) is 0.888. The molecular formula is C14H17ClN4O. The molecule has 6 heteroatoms. The lowest BCUT2D eigenvalue weighted by Gasteiger charge is -2.07. The normalized spacial score (nSPS) is 14.7. The van der Waals surface area contributed by atoms with Crippen LogP contribution in [0.1, 0.15) is 25.7 Å². The Bertz CT molecular complexity index is 648.